The summed E-state index contributed by atoms with van der Waals surface area (Å²) in [6.45, 7) is 9.19. The lowest BCUT2D eigenvalue weighted by molar-refractivity contribution is 0.717. The van der Waals surface area contributed by atoms with Gasteiger partial charge in [0.1, 0.15) is 0 Å². The van der Waals surface area contributed by atoms with Gasteiger partial charge in [0.2, 0.25) is 0 Å². The van der Waals surface area contributed by atoms with Crippen LogP contribution in [0.1, 0.15) is 41.7 Å². The average molecular weight is 731 g/mol. The summed E-state index contributed by atoms with van der Waals surface area (Å²) in [5.74, 6) is 0. The lowest BCUT2D eigenvalue weighted by atomic mass is 9.73. The number of nitrogens with zero attached hydrogens (tertiary/aromatic N) is 2. The van der Waals surface area contributed by atoms with Gasteiger partial charge in [-0.05, 0) is 99.8 Å². The van der Waals surface area contributed by atoms with Crippen molar-refractivity contribution in [2.24, 2.45) is 0 Å². The van der Waals surface area contributed by atoms with Crippen LogP contribution in [0.15, 0.2) is 213 Å². The normalized spacial score (nSPS) is 14.7. The first-order valence-corrected chi connectivity index (χ1v) is 19.7. The summed E-state index contributed by atoms with van der Waals surface area (Å²) in [7, 11) is 0. The molecule has 1 unspecified atom stereocenters. The van der Waals surface area contributed by atoms with Crippen LogP contribution in [0.5, 0.6) is 0 Å². The minimum Gasteiger partial charge on any atom is -0.317 e. The van der Waals surface area contributed by atoms with E-state index in [1.54, 1.807) is 0 Å². The fourth-order valence-corrected chi connectivity index (χ4v) is 9.08. The molecule has 1 aliphatic rings. The first kappa shape index (κ1) is 34.3. The van der Waals surface area contributed by atoms with Crippen molar-refractivity contribution in [3.63, 3.8) is 0 Å². The fraction of sp³-hybridized carbons (Fsp3) is 0.0545. The van der Waals surface area contributed by atoms with E-state index in [1.165, 1.54) is 60.8 Å². The Bertz CT molecular complexity index is 2950. The average Bonchev–Trinajstić information content (AvgIpc) is 3.76. The molecule has 9 aromatic rings. The number of hydrogen-bond donors (Lipinski definition) is 0. The number of anilines is 1. The number of fused-ring (bicyclic) bond motifs is 7. The minimum atomic E-state index is -0.331. The van der Waals surface area contributed by atoms with Gasteiger partial charge >= 0.3 is 0 Å². The van der Waals surface area contributed by atoms with Crippen LogP contribution in [0.3, 0.4) is 0 Å². The summed E-state index contributed by atoms with van der Waals surface area (Å²) >= 11 is 0. The number of benzene rings is 8. The van der Waals surface area contributed by atoms with Gasteiger partial charge < -0.3 is 9.47 Å². The van der Waals surface area contributed by atoms with Gasteiger partial charge in [0, 0.05) is 39.5 Å². The summed E-state index contributed by atoms with van der Waals surface area (Å²) < 4.78 is 2.50. The standard InChI is InChI=1S/C55H42N2/c1-38(37-56(39(2)41-17-7-4-8-18-41)45-31-29-43(30-32-45)42-19-9-5-10-20-42)40-27-33-46(34-28-40)57-52-26-16-14-24-48(52)50-36-35-49-47-23-13-15-25-51(47)55(3,53(49)54(50)57)44-21-11-6-12-22-44/h4-37H,2H2,1,3H3/b38-37+. The summed E-state index contributed by atoms with van der Waals surface area (Å²) in [5.41, 5.74) is 17.6. The molecule has 0 N–H and O–H groups in total. The van der Waals surface area contributed by atoms with Crippen molar-refractivity contribution >= 4 is 38.8 Å². The molecule has 1 atom stereocenters. The molecule has 0 bridgehead atoms. The predicted octanol–water partition coefficient (Wildman–Crippen LogP) is 14.3. The zero-order valence-electron chi connectivity index (χ0n) is 32.2. The highest BCUT2D eigenvalue weighted by Crippen LogP contribution is 2.55. The van der Waals surface area contributed by atoms with Crippen molar-refractivity contribution in [3.8, 4) is 27.9 Å². The summed E-state index contributed by atoms with van der Waals surface area (Å²) in [4.78, 5) is 2.21. The van der Waals surface area contributed by atoms with Gasteiger partial charge in [0.05, 0.1) is 11.0 Å². The summed E-state index contributed by atoms with van der Waals surface area (Å²) in [6.07, 6.45) is 2.22. The number of allylic oxidation sites excluding steroid dienone is 1. The molecule has 0 amide bonds. The van der Waals surface area contributed by atoms with Crippen LogP contribution in [0.2, 0.25) is 0 Å². The lowest BCUT2D eigenvalue weighted by Gasteiger charge is -2.29. The van der Waals surface area contributed by atoms with Crippen LogP contribution >= 0.6 is 0 Å². The SMILES string of the molecule is C=C(c1ccccc1)N(/C=C(\C)c1ccc(-n2c3ccccc3c3ccc4c(c32)C(C)(c2ccccc2)c2ccccc2-4)cc1)c1ccc(-c2ccccc2)cc1. The molecule has 0 radical (unpaired) electrons. The van der Waals surface area contributed by atoms with E-state index in [4.69, 9.17) is 0 Å². The van der Waals surface area contributed by atoms with Crippen molar-refractivity contribution in [1.29, 1.82) is 0 Å². The highest BCUT2D eigenvalue weighted by Gasteiger charge is 2.43. The monoisotopic (exact) mass is 730 g/mol. The third-order valence-corrected chi connectivity index (χ3v) is 12.0. The molecule has 10 rings (SSSR count). The molecule has 57 heavy (non-hydrogen) atoms. The molecule has 0 saturated heterocycles. The second-order valence-electron chi connectivity index (χ2n) is 15.2. The van der Waals surface area contributed by atoms with E-state index < -0.39 is 0 Å². The molecule has 1 aromatic heterocycles. The van der Waals surface area contributed by atoms with Gasteiger partial charge in [-0.3, -0.25) is 0 Å². The maximum Gasteiger partial charge on any atom is 0.0591 e. The van der Waals surface area contributed by atoms with Crippen LogP contribution in [0.25, 0.3) is 61.0 Å². The quantitative estimate of drug-likeness (QED) is 0.151. The van der Waals surface area contributed by atoms with Gasteiger partial charge in [0.25, 0.3) is 0 Å². The first-order chi connectivity index (χ1) is 28.0. The molecular weight excluding hydrogens is 689 g/mol. The van der Waals surface area contributed by atoms with E-state index in [-0.39, 0.29) is 5.41 Å². The van der Waals surface area contributed by atoms with Gasteiger partial charge in [-0.1, -0.05) is 176 Å². The topological polar surface area (TPSA) is 8.17 Å². The Kier molecular flexibility index (Phi) is 8.34. The zero-order chi connectivity index (χ0) is 38.5. The Morgan fingerprint density at radius 1 is 0.544 bits per heavy atom. The van der Waals surface area contributed by atoms with Crippen LogP contribution in [0, 0.1) is 0 Å². The number of para-hydroxylation sites is 1. The van der Waals surface area contributed by atoms with Gasteiger partial charge in [0.15, 0.2) is 0 Å². The second kappa shape index (κ2) is 13.8. The Labute approximate surface area is 334 Å². The number of aromatic nitrogens is 1. The second-order valence-corrected chi connectivity index (χ2v) is 15.2. The van der Waals surface area contributed by atoms with Gasteiger partial charge in [-0.15, -0.1) is 0 Å². The summed E-state index contributed by atoms with van der Waals surface area (Å²) in [6, 6.07) is 72.3. The lowest BCUT2D eigenvalue weighted by Crippen LogP contribution is -2.23. The Morgan fingerprint density at radius 3 is 1.89 bits per heavy atom. The van der Waals surface area contributed by atoms with Crippen LogP contribution in [-0.2, 0) is 5.41 Å². The van der Waals surface area contributed by atoms with E-state index in [1.807, 2.05) is 6.07 Å². The Balaban J connectivity index is 1.09. The van der Waals surface area contributed by atoms with Gasteiger partial charge in [-0.25, -0.2) is 0 Å². The van der Waals surface area contributed by atoms with Crippen LogP contribution < -0.4 is 4.90 Å². The number of rotatable bonds is 8. The maximum atomic E-state index is 4.59. The van der Waals surface area contributed by atoms with Gasteiger partial charge in [-0.2, -0.15) is 0 Å². The third kappa shape index (κ3) is 5.64. The summed E-state index contributed by atoms with van der Waals surface area (Å²) in [5, 5.41) is 2.53. The van der Waals surface area contributed by atoms with E-state index >= 15 is 0 Å². The van der Waals surface area contributed by atoms with Crippen molar-refractivity contribution in [1.82, 2.24) is 4.57 Å². The molecule has 2 heteroatoms. The third-order valence-electron chi connectivity index (χ3n) is 12.0. The molecular formula is C55H42N2. The predicted molar refractivity (Wildman–Crippen MR) is 242 cm³/mol. The molecule has 0 fully saturated rings. The number of hydrogen-bond acceptors (Lipinski definition) is 1. The molecule has 272 valence electrons. The van der Waals surface area contributed by atoms with Crippen LogP contribution in [-0.4, -0.2) is 4.57 Å². The highest BCUT2D eigenvalue weighted by atomic mass is 15.1. The minimum absolute atomic E-state index is 0.331. The van der Waals surface area contributed by atoms with E-state index in [9.17, 15) is 0 Å². The molecule has 1 heterocycles. The molecule has 1 aliphatic carbocycles. The van der Waals surface area contributed by atoms with E-state index in [0.29, 0.717) is 0 Å². The van der Waals surface area contributed by atoms with Crippen molar-refractivity contribution < 1.29 is 0 Å². The van der Waals surface area contributed by atoms with Crippen molar-refractivity contribution in [2.75, 3.05) is 4.90 Å². The molecule has 0 saturated carbocycles. The van der Waals surface area contributed by atoms with Crippen LogP contribution in [0.4, 0.5) is 5.69 Å². The van der Waals surface area contributed by atoms with E-state index in [2.05, 4.69) is 230 Å². The molecule has 0 aliphatic heterocycles. The Hall–Kier alpha value is -7.16. The fourth-order valence-electron chi connectivity index (χ4n) is 9.08. The van der Waals surface area contributed by atoms with Crippen molar-refractivity contribution in [3.05, 3.63) is 241 Å². The van der Waals surface area contributed by atoms with Crippen molar-refractivity contribution in [2.45, 2.75) is 19.3 Å². The zero-order valence-corrected chi connectivity index (χ0v) is 32.2. The molecule has 2 nitrogen and oxygen atoms in total. The highest BCUT2D eigenvalue weighted by molar-refractivity contribution is 6.13. The molecule has 0 spiro atoms. The maximum absolute atomic E-state index is 4.59. The Morgan fingerprint density at radius 2 is 1.16 bits per heavy atom. The van der Waals surface area contributed by atoms with E-state index in [0.717, 1.165) is 33.8 Å². The first-order valence-electron chi connectivity index (χ1n) is 19.7. The smallest absolute Gasteiger partial charge is 0.0591 e. The molecule has 8 aromatic carbocycles. The largest absolute Gasteiger partial charge is 0.317 e.